The third-order valence-electron chi connectivity index (χ3n) is 4.31. The van der Waals surface area contributed by atoms with Gasteiger partial charge >= 0.3 is 0 Å². The van der Waals surface area contributed by atoms with E-state index < -0.39 is 0 Å². The molecule has 0 amide bonds. The second kappa shape index (κ2) is 7.91. The van der Waals surface area contributed by atoms with E-state index in [-0.39, 0.29) is 0 Å². The van der Waals surface area contributed by atoms with Crippen LogP contribution in [0.25, 0.3) is 0 Å². The fourth-order valence-electron chi connectivity index (χ4n) is 3.04. The van der Waals surface area contributed by atoms with Crippen molar-refractivity contribution in [1.82, 2.24) is 10.2 Å². The normalized spacial score (nSPS) is 16.8. The number of nitrogens with zero attached hydrogens (tertiary/aromatic N) is 1. The Balaban J connectivity index is 1.66. The van der Waals surface area contributed by atoms with Gasteiger partial charge in [-0.25, -0.2) is 0 Å². The molecule has 0 radical (unpaired) electrons. The lowest BCUT2D eigenvalue weighted by molar-refractivity contribution is 0.291. The summed E-state index contributed by atoms with van der Waals surface area (Å²) < 4.78 is 1.13. The monoisotopic (exact) mass is 358 g/mol. The minimum absolute atomic E-state index is 0.392. The van der Waals surface area contributed by atoms with E-state index in [0.717, 1.165) is 17.6 Å². The zero-order valence-electron chi connectivity index (χ0n) is 12.8. The molecule has 1 fully saturated rings. The molecule has 0 aliphatic carbocycles. The lowest BCUT2D eigenvalue weighted by atomic mass is 10.1. The highest BCUT2D eigenvalue weighted by atomic mass is 79.9. The van der Waals surface area contributed by atoms with Crippen molar-refractivity contribution in [2.45, 2.75) is 25.4 Å². The number of benzene rings is 2. The molecular formula is C19H23BrN2. The molecule has 1 saturated heterocycles. The van der Waals surface area contributed by atoms with E-state index in [1.54, 1.807) is 0 Å². The Morgan fingerprint density at radius 2 is 1.64 bits per heavy atom. The lowest BCUT2D eigenvalue weighted by Gasteiger charge is -2.25. The molecule has 0 spiro atoms. The molecule has 1 unspecified atom stereocenters. The summed E-state index contributed by atoms with van der Waals surface area (Å²) in [4.78, 5) is 2.58. The van der Waals surface area contributed by atoms with Crippen molar-refractivity contribution in [3.8, 4) is 0 Å². The maximum absolute atomic E-state index is 3.74. The number of nitrogens with one attached hydrogen (secondary N) is 1. The van der Waals surface area contributed by atoms with Crippen LogP contribution in [0.4, 0.5) is 0 Å². The molecule has 3 rings (SSSR count). The van der Waals surface area contributed by atoms with Gasteiger partial charge in [0.15, 0.2) is 0 Å². The van der Waals surface area contributed by atoms with Crippen molar-refractivity contribution in [3.63, 3.8) is 0 Å². The first-order chi connectivity index (χ1) is 10.8. The molecule has 2 aromatic carbocycles. The highest BCUT2D eigenvalue weighted by molar-refractivity contribution is 9.10. The van der Waals surface area contributed by atoms with Gasteiger partial charge in [0.05, 0.1) is 0 Å². The zero-order chi connectivity index (χ0) is 15.2. The van der Waals surface area contributed by atoms with Crippen molar-refractivity contribution >= 4 is 15.9 Å². The molecule has 1 N–H and O–H groups in total. The van der Waals surface area contributed by atoms with Gasteiger partial charge in [0.2, 0.25) is 0 Å². The molecule has 116 valence electrons. The second-order valence-corrected chi connectivity index (χ2v) is 6.89. The van der Waals surface area contributed by atoms with Gasteiger partial charge < -0.3 is 10.2 Å². The standard InChI is InChI=1S/C19H23BrN2/c20-18-10-8-16(9-11-18)14-21-19(15-22-12-4-5-13-22)17-6-2-1-3-7-17/h1-3,6-11,19,21H,4-5,12-15H2. The van der Waals surface area contributed by atoms with Crippen LogP contribution in [0.2, 0.25) is 0 Å². The van der Waals surface area contributed by atoms with Crippen LogP contribution in [0.15, 0.2) is 59.1 Å². The van der Waals surface area contributed by atoms with Gasteiger partial charge in [0, 0.05) is 23.6 Å². The summed E-state index contributed by atoms with van der Waals surface area (Å²) in [5.74, 6) is 0. The van der Waals surface area contributed by atoms with E-state index in [1.165, 1.54) is 37.1 Å². The molecule has 0 aromatic heterocycles. The van der Waals surface area contributed by atoms with Crippen molar-refractivity contribution < 1.29 is 0 Å². The Morgan fingerprint density at radius 3 is 2.32 bits per heavy atom. The molecule has 1 aliphatic heterocycles. The number of hydrogen-bond acceptors (Lipinski definition) is 2. The molecule has 1 atom stereocenters. The quantitative estimate of drug-likeness (QED) is 0.824. The van der Waals surface area contributed by atoms with E-state index in [0.29, 0.717) is 6.04 Å². The van der Waals surface area contributed by atoms with Crippen LogP contribution < -0.4 is 5.32 Å². The fraction of sp³-hybridized carbons (Fsp3) is 0.368. The number of halogens is 1. The third kappa shape index (κ3) is 4.42. The molecule has 22 heavy (non-hydrogen) atoms. The summed E-state index contributed by atoms with van der Waals surface area (Å²) in [5.41, 5.74) is 2.71. The average molecular weight is 359 g/mol. The van der Waals surface area contributed by atoms with Gasteiger partial charge in [-0.1, -0.05) is 58.4 Å². The van der Waals surface area contributed by atoms with Crippen molar-refractivity contribution in [2.75, 3.05) is 19.6 Å². The van der Waals surface area contributed by atoms with Gasteiger partial charge in [-0.15, -0.1) is 0 Å². The van der Waals surface area contributed by atoms with Gasteiger partial charge in [-0.3, -0.25) is 0 Å². The van der Waals surface area contributed by atoms with Crippen LogP contribution in [0, 0.1) is 0 Å². The van der Waals surface area contributed by atoms with Crippen LogP contribution in [0.1, 0.15) is 30.0 Å². The Hall–Kier alpha value is -1.16. The maximum atomic E-state index is 3.74. The summed E-state index contributed by atoms with van der Waals surface area (Å²) in [6.07, 6.45) is 2.68. The first-order valence-electron chi connectivity index (χ1n) is 8.06. The van der Waals surface area contributed by atoms with E-state index in [1.807, 2.05) is 0 Å². The topological polar surface area (TPSA) is 15.3 Å². The maximum Gasteiger partial charge on any atom is 0.0451 e. The van der Waals surface area contributed by atoms with Gasteiger partial charge in [-0.05, 0) is 49.2 Å². The molecule has 0 saturated carbocycles. The summed E-state index contributed by atoms with van der Waals surface area (Å²) in [6.45, 7) is 4.48. The number of hydrogen-bond donors (Lipinski definition) is 1. The minimum atomic E-state index is 0.392. The van der Waals surface area contributed by atoms with Crippen LogP contribution in [0.5, 0.6) is 0 Å². The van der Waals surface area contributed by atoms with E-state index in [2.05, 4.69) is 80.7 Å². The Kier molecular flexibility index (Phi) is 5.65. The minimum Gasteiger partial charge on any atom is -0.305 e. The summed E-state index contributed by atoms with van der Waals surface area (Å²) in [7, 11) is 0. The third-order valence-corrected chi connectivity index (χ3v) is 4.84. The number of likely N-dealkylation sites (tertiary alicyclic amines) is 1. The first kappa shape index (κ1) is 15.7. The highest BCUT2D eigenvalue weighted by Crippen LogP contribution is 2.19. The summed E-state index contributed by atoms with van der Waals surface area (Å²) in [6, 6.07) is 19.8. The molecule has 1 heterocycles. The SMILES string of the molecule is Brc1ccc(CNC(CN2CCCC2)c2ccccc2)cc1. The van der Waals surface area contributed by atoms with Crippen LogP contribution in [0.3, 0.4) is 0 Å². The van der Waals surface area contributed by atoms with E-state index in [4.69, 9.17) is 0 Å². The van der Waals surface area contributed by atoms with Crippen LogP contribution in [-0.2, 0) is 6.54 Å². The Morgan fingerprint density at radius 1 is 0.955 bits per heavy atom. The van der Waals surface area contributed by atoms with Crippen molar-refractivity contribution in [1.29, 1.82) is 0 Å². The van der Waals surface area contributed by atoms with E-state index >= 15 is 0 Å². The number of rotatable bonds is 6. The molecule has 1 aliphatic rings. The molecule has 2 nitrogen and oxygen atoms in total. The van der Waals surface area contributed by atoms with E-state index in [9.17, 15) is 0 Å². The lowest BCUT2D eigenvalue weighted by Crippen LogP contribution is -2.33. The molecular weight excluding hydrogens is 336 g/mol. The molecule has 0 bridgehead atoms. The molecule has 3 heteroatoms. The van der Waals surface area contributed by atoms with Gasteiger partial charge in [0.1, 0.15) is 0 Å². The van der Waals surface area contributed by atoms with Crippen molar-refractivity contribution in [2.24, 2.45) is 0 Å². The van der Waals surface area contributed by atoms with Crippen LogP contribution >= 0.6 is 15.9 Å². The largest absolute Gasteiger partial charge is 0.305 e. The average Bonchev–Trinajstić information content (AvgIpc) is 3.07. The first-order valence-corrected chi connectivity index (χ1v) is 8.86. The van der Waals surface area contributed by atoms with Crippen molar-refractivity contribution in [3.05, 3.63) is 70.2 Å². The smallest absolute Gasteiger partial charge is 0.0451 e. The predicted octanol–water partition coefficient (Wildman–Crippen LogP) is 4.38. The van der Waals surface area contributed by atoms with Gasteiger partial charge in [0.25, 0.3) is 0 Å². The Labute approximate surface area is 141 Å². The second-order valence-electron chi connectivity index (χ2n) is 5.98. The Bertz CT molecular complexity index is 562. The summed E-state index contributed by atoms with van der Waals surface area (Å²) in [5, 5.41) is 3.74. The fourth-order valence-corrected chi connectivity index (χ4v) is 3.30. The predicted molar refractivity (Wildman–Crippen MR) is 95.8 cm³/mol. The molecule has 2 aromatic rings. The zero-order valence-corrected chi connectivity index (χ0v) is 14.4. The van der Waals surface area contributed by atoms with Gasteiger partial charge in [-0.2, -0.15) is 0 Å². The van der Waals surface area contributed by atoms with Crippen LogP contribution in [-0.4, -0.2) is 24.5 Å². The highest BCUT2D eigenvalue weighted by Gasteiger charge is 2.18. The summed E-state index contributed by atoms with van der Waals surface area (Å²) >= 11 is 3.49.